The van der Waals surface area contributed by atoms with Gasteiger partial charge in [-0.2, -0.15) is 0 Å². The van der Waals surface area contributed by atoms with E-state index >= 15 is 0 Å². The molecule has 6 heteroatoms. The predicted octanol–water partition coefficient (Wildman–Crippen LogP) is 0.845. The van der Waals surface area contributed by atoms with E-state index in [0.717, 1.165) is 0 Å². The zero-order valence-electron chi connectivity index (χ0n) is 8.40. The predicted molar refractivity (Wildman–Crippen MR) is 58.1 cm³/mol. The zero-order chi connectivity index (χ0) is 11.4. The summed E-state index contributed by atoms with van der Waals surface area (Å²) in [5.74, 6) is -0.0113. The minimum Gasteiger partial charge on any atom is -0.495 e. The van der Waals surface area contributed by atoms with E-state index in [0.29, 0.717) is 11.2 Å². The molecule has 2 radical (unpaired) electrons. The number of ether oxygens (including phenoxy) is 1. The van der Waals surface area contributed by atoms with Gasteiger partial charge in [0.05, 0.1) is 7.11 Å². The Kier molecular flexibility index (Phi) is 3.44. The summed E-state index contributed by atoms with van der Waals surface area (Å²) >= 11 is 0. The quantitative estimate of drug-likeness (QED) is 0.585. The molecule has 76 valence electrons. The van der Waals surface area contributed by atoms with Crippen LogP contribution < -0.4 is 15.5 Å². The molecule has 0 aromatic heterocycles. The largest absolute Gasteiger partial charge is 0.495 e. The number of nitrogens with zero attached hydrogens (tertiary/aromatic N) is 1. The molecule has 0 atom stereocenters. The van der Waals surface area contributed by atoms with E-state index in [1.807, 2.05) is 0 Å². The number of amides is 1. The van der Waals surface area contributed by atoms with E-state index in [1.54, 1.807) is 0 Å². The molecule has 1 amide bonds. The van der Waals surface area contributed by atoms with E-state index < -0.39 is 0 Å². The topological polar surface area (TPSA) is 67.8 Å². The average molecular weight is 204 g/mol. The highest BCUT2D eigenvalue weighted by molar-refractivity contribution is 6.33. The SMILES string of the molecule is [B]c1cc(N=O)c(NC(C)=O)c(OC)c1. The summed E-state index contributed by atoms with van der Waals surface area (Å²) in [4.78, 5) is 21.4. The van der Waals surface area contributed by atoms with Crippen molar-refractivity contribution in [3.63, 3.8) is 0 Å². The Morgan fingerprint density at radius 2 is 2.20 bits per heavy atom. The molecule has 1 rings (SSSR count). The minimum atomic E-state index is -0.317. The second-order valence-corrected chi connectivity index (χ2v) is 2.89. The molecule has 5 nitrogen and oxygen atoms in total. The summed E-state index contributed by atoms with van der Waals surface area (Å²) in [6, 6.07) is 2.86. The molecular formula is C9H9BN2O3. The van der Waals surface area contributed by atoms with Crippen LogP contribution in [0.2, 0.25) is 0 Å². The molecular weight excluding hydrogens is 195 g/mol. The number of anilines is 1. The van der Waals surface area contributed by atoms with Gasteiger partial charge in [-0.15, -0.1) is 4.91 Å². The van der Waals surface area contributed by atoms with Crippen LogP contribution in [0.1, 0.15) is 6.92 Å². The van der Waals surface area contributed by atoms with Gasteiger partial charge in [0.15, 0.2) is 0 Å². The van der Waals surface area contributed by atoms with Gasteiger partial charge in [-0.05, 0) is 17.3 Å². The van der Waals surface area contributed by atoms with Crippen molar-refractivity contribution >= 4 is 30.6 Å². The van der Waals surface area contributed by atoms with Crippen LogP contribution in [-0.4, -0.2) is 20.9 Å². The van der Waals surface area contributed by atoms with E-state index in [4.69, 9.17) is 12.6 Å². The number of methoxy groups -OCH3 is 1. The van der Waals surface area contributed by atoms with Crippen LogP contribution in [0.15, 0.2) is 17.3 Å². The lowest BCUT2D eigenvalue weighted by Crippen LogP contribution is -2.10. The molecule has 1 N–H and O–H groups in total. The molecule has 0 aliphatic carbocycles. The molecule has 0 unspecified atom stereocenters. The summed E-state index contributed by atoms with van der Waals surface area (Å²) < 4.78 is 4.98. The lowest BCUT2D eigenvalue weighted by atomic mass is 9.95. The molecule has 0 fully saturated rings. The standard InChI is InChI=1S/C9H9BN2O3/c1-5(13)11-9-7(12-14)3-6(10)4-8(9)15-2/h3-4H,1-2H3,(H,11,13). The average Bonchev–Trinajstić information content (AvgIpc) is 2.19. The number of nitroso groups, excluding NO2 is 1. The number of carbonyl (C=O) groups excluding carboxylic acids is 1. The highest BCUT2D eigenvalue weighted by atomic mass is 16.5. The maximum absolute atomic E-state index is 10.9. The third kappa shape index (κ3) is 2.55. The molecule has 0 saturated heterocycles. The second-order valence-electron chi connectivity index (χ2n) is 2.89. The first kappa shape index (κ1) is 11.2. The van der Waals surface area contributed by atoms with Crippen molar-refractivity contribution in [2.75, 3.05) is 12.4 Å². The number of nitrogens with one attached hydrogen (secondary N) is 1. The highest BCUT2D eigenvalue weighted by Crippen LogP contribution is 2.33. The molecule has 0 bridgehead atoms. The number of hydrogen-bond acceptors (Lipinski definition) is 4. The van der Waals surface area contributed by atoms with Crippen LogP contribution in [-0.2, 0) is 4.79 Å². The van der Waals surface area contributed by atoms with Crippen molar-refractivity contribution < 1.29 is 9.53 Å². The van der Waals surface area contributed by atoms with Gasteiger partial charge >= 0.3 is 0 Å². The first-order valence-electron chi connectivity index (χ1n) is 4.17. The van der Waals surface area contributed by atoms with E-state index in [9.17, 15) is 9.70 Å². The maximum atomic E-state index is 10.9. The lowest BCUT2D eigenvalue weighted by molar-refractivity contribution is -0.114. The first-order chi connectivity index (χ1) is 7.08. The molecule has 0 heterocycles. The minimum absolute atomic E-state index is 0.0436. The smallest absolute Gasteiger partial charge is 0.221 e. The normalized spacial score (nSPS) is 9.47. The summed E-state index contributed by atoms with van der Waals surface area (Å²) in [6.45, 7) is 1.32. The van der Waals surface area contributed by atoms with Gasteiger partial charge in [0.25, 0.3) is 0 Å². The Bertz CT molecular complexity index is 407. The van der Waals surface area contributed by atoms with Gasteiger partial charge in [0.2, 0.25) is 5.91 Å². The summed E-state index contributed by atoms with van der Waals surface area (Å²) in [7, 11) is 6.93. The first-order valence-corrected chi connectivity index (χ1v) is 4.17. The molecule has 0 aliphatic heterocycles. The third-order valence-electron chi connectivity index (χ3n) is 1.72. The van der Waals surface area contributed by atoms with Crippen LogP contribution in [0.3, 0.4) is 0 Å². The fourth-order valence-electron chi connectivity index (χ4n) is 1.16. The van der Waals surface area contributed by atoms with Crippen molar-refractivity contribution in [1.29, 1.82) is 0 Å². The Balaban J connectivity index is 3.29. The highest BCUT2D eigenvalue weighted by Gasteiger charge is 2.12. The second kappa shape index (κ2) is 4.59. The maximum Gasteiger partial charge on any atom is 0.221 e. The van der Waals surface area contributed by atoms with Crippen molar-refractivity contribution in [3.05, 3.63) is 17.0 Å². The lowest BCUT2D eigenvalue weighted by Gasteiger charge is -2.11. The van der Waals surface area contributed by atoms with Crippen molar-refractivity contribution in [2.45, 2.75) is 6.92 Å². The van der Waals surface area contributed by atoms with Crippen molar-refractivity contribution in [2.24, 2.45) is 5.18 Å². The third-order valence-corrected chi connectivity index (χ3v) is 1.72. The van der Waals surface area contributed by atoms with Gasteiger partial charge in [-0.25, -0.2) is 0 Å². The summed E-state index contributed by atoms with van der Waals surface area (Å²) in [5.41, 5.74) is 0.617. The van der Waals surface area contributed by atoms with Crippen LogP contribution in [0.4, 0.5) is 11.4 Å². The Hall–Kier alpha value is -1.85. The van der Waals surface area contributed by atoms with E-state index in [-0.39, 0.29) is 17.3 Å². The molecule has 1 aromatic rings. The van der Waals surface area contributed by atoms with Gasteiger partial charge in [0.1, 0.15) is 25.0 Å². The van der Waals surface area contributed by atoms with Crippen LogP contribution >= 0.6 is 0 Å². The molecule has 0 saturated carbocycles. The Morgan fingerprint density at radius 1 is 1.53 bits per heavy atom. The van der Waals surface area contributed by atoms with E-state index in [1.165, 1.54) is 26.2 Å². The fourth-order valence-corrected chi connectivity index (χ4v) is 1.16. The Morgan fingerprint density at radius 3 is 2.67 bits per heavy atom. The van der Waals surface area contributed by atoms with Crippen LogP contribution in [0, 0.1) is 4.91 Å². The van der Waals surface area contributed by atoms with Gasteiger partial charge in [0, 0.05) is 6.92 Å². The van der Waals surface area contributed by atoms with Crippen LogP contribution in [0.25, 0.3) is 0 Å². The van der Waals surface area contributed by atoms with Gasteiger partial charge in [-0.1, -0.05) is 5.46 Å². The van der Waals surface area contributed by atoms with Gasteiger partial charge < -0.3 is 10.1 Å². The molecule has 1 aromatic carbocycles. The molecule has 0 aliphatic rings. The Labute approximate surface area is 88.2 Å². The molecule has 0 spiro atoms. The number of carbonyl (C=O) groups is 1. The molecule has 15 heavy (non-hydrogen) atoms. The fraction of sp³-hybridized carbons (Fsp3) is 0.222. The summed E-state index contributed by atoms with van der Waals surface area (Å²) in [6.07, 6.45) is 0. The summed E-state index contributed by atoms with van der Waals surface area (Å²) in [5, 5.41) is 5.23. The van der Waals surface area contributed by atoms with Crippen molar-refractivity contribution in [3.8, 4) is 5.75 Å². The van der Waals surface area contributed by atoms with Crippen LogP contribution in [0.5, 0.6) is 5.75 Å². The number of rotatable bonds is 3. The van der Waals surface area contributed by atoms with Crippen molar-refractivity contribution in [1.82, 2.24) is 0 Å². The number of hydrogen-bond donors (Lipinski definition) is 1. The van der Waals surface area contributed by atoms with Gasteiger partial charge in [-0.3, -0.25) is 4.79 Å². The van der Waals surface area contributed by atoms with E-state index in [2.05, 4.69) is 10.5 Å². The zero-order valence-corrected chi connectivity index (χ0v) is 8.40. The monoisotopic (exact) mass is 204 g/mol. The number of benzene rings is 1.